The minimum absolute atomic E-state index is 0.247. The molecule has 136 valence electrons. The van der Waals surface area contributed by atoms with Crippen molar-refractivity contribution in [3.05, 3.63) is 40.2 Å². The third kappa shape index (κ3) is 5.06. The lowest BCUT2D eigenvalue weighted by molar-refractivity contribution is 0.215. The molecule has 1 fully saturated rings. The van der Waals surface area contributed by atoms with E-state index in [2.05, 4.69) is 37.0 Å². The number of guanidine groups is 1. The van der Waals surface area contributed by atoms with Crippen molar-refractivity contribution in [2.24, 2.45) is 4.99 Å². The minimum Gasteiger partial charge on any atom is -0.468 e. The molecule has 0 aromatic carbocycles. The molecule has 1 aliphatic heterocycles. The van der Waals surface area contributed by atoms with Gasteiger partial charge in [-0.3, -0.25) is 9.89 Å². The number of thiazole rings is 1. The summed E-state index contributed by atoms with van der Waals surface area (Å²) < 4.78 is 5.67. The van der Waals surface area contributed by atoms with Crippen LogP contribution < -0.4 is 10.6 Å². The lowest BCUT2D eigenvalue weighted by atomic mass is 10.2. The van der Waals surface area contributed by atoms with Crippen LogP contribution in [0.15, 0.2) is 33.2 Å². The van der Waals surface area contributed by atoms with E-state index in [0.717, 1.165) is 55.0 Å². The summed E-state index contributed by atoms with van der Waals surface area (Å²) in [5.74, 6) is 1.84. The Morgan fingerprint density at radius 1 is 1.40 bits per heavy atom. The number of nitrogens with one attached hydrogen (secondary N) is 2. The van der Waals surface area contributed by atoms with Gasteiger partial charge in [-0.2, -0.15) is 0 Å². The summed E-state index contributed by atoms with van der Waals surface area (Å²) in [5.41, 5.74) is 1.14. The zero-order chi connectivity index (χ0) is 17.5. The quantitative estimate of drug-likeness (QED) is 0.586. The molecule has 3 heterocycles. The molecular weight excluding hydrogens is 334 g/mol. The van der Waals surface area contributed by atoms with Crippen molar-refractivity contribution in [1.29, 1.82) is 0 Å². The van der Waals surface area contributed by atoms with Crippen LogP contribution in [-0.2, 0) is 6.42 Å². The third-order valence-corrected chi connectivity index (χ3v) is 5.30. The first kappa shape index (κ1) is 17.9. The molecule has 0 aliphatic carbocycles. The van der Waals surface area contributed by atoms with Crippen LogP contribution in [-0.4, -0.2) is 49.1 Å². The molecule has 1 atom stereocenters. The highest BCUT2D eigenvalue weighted by Gasteiger charge is 2.25. The van der Waals surface area contributed by atoms with Crippen LogP contribution in [0.3, 0.4) is 0 Å². The molecule has 0 spiro atoms. The fourth-order valence-corrected chi connectivity index (χ4v) is 3.84. The number of hydrogen-bond acceptors (Lipinski definition) is 5. The Kier molecular flexibility index (Phi) is 6.47. The summed E-state index contributed by atoms with van der Waals surface area (Å²) in [5, 5.41) is 10.1. The van der Waals surface area contributed by atoms with Crippen molar-refractivity contribution >= 4 is 17.3 Å². The first-order valence-electron chi connectivity index (χ1n) is 8.89. The maximum absolute atomic E-state index is 5.67. The number of likely N-dealkylation sites (tertiary alicyclic amines) is 1. The van der Waals surface area contributed by atoms with Gasteiger partial charge in [-0.1, -0.05) is 0 Å². The molecule has 6 nitrogen and oxygen atoms in total. The van der Waals surface area contributed by atoms with Crippen molar-refractivity contribution in [2.75, 3.05) is 33.2 Å². The first-order valence-corrected chi connectivity index (χ1v) is 9.77. The monoisotopic (exact) mass is 361 g/mol. The van der Waals surface area contributed by atoms with Crippen LogP contribution >= 0.6 is 11.3 Å². The molecule has 3 rings (SSSR count). The molecule has 25 heavy (non-hydrogen) atoms. The maximum atomic E-state index is 5.67. The topological polar surface area (TPSA) is 65.7 Å². The van der Waals surface area contributed by atoms with Crippen LogP contribution in [0, 0.1) is 6.92 Å². The summed E-state index contributed by atoms with van der Waals surface area (Å²) in [6, 6.07) is 4.27. The van der Waals surface area contributed by atoms with Crippen molar-refractivity contribution in [3.8, 4) is 0 Å². The summed E-state index contributed by atoms with van der Waals surface area (Å²) in [6.07, 6.45) is 5.18. The minimum atomic E-state index is 0.247. The van der Waals surface area contributed by atoms with Crippen molar-refractivity contribution in [1.82, 2.24) is 20.5 Å². The lowest BCUT2D eigenvalue weighted by Gasteiger charge is -2.26. The average Bonchev–Trinajstić information content (AvgIpc) is 3.37. The molecule has 1 aliphatic rings. The summed E-state index contributed by atoms with van der Waals surface area (Å²) >= 11 is 1.70. The van der Waals surface area contributed by atoms with Gasteiger partial charge < -0.3 is 15.1 Å². The first-order chi connectivity index (χ1) is 12.3. The highest BCUT2D eigenvalue weighted by molar-refractivity contribution is 7.09. The lowest BCUT2D eigenvalue weighted by Crippen LogP contribution is -2.43. The second-order valence-electron chi connectivity index (χ2n) is 6.26. The predicted octanol–water partition coefficient (Wildman–Crippen LogP) is 2.59. The SMILES string of the molecule is CN=C(NCCc1csc(C)n1)NCC(c1ccco1)N1CCCC1. The molecular formula is C18H27N5OS. The number of aryl methyl sites for hydroxylation is 1. The van der Waals surface area contributed by atoms with Crippen LogP contribution in [0.4, 0.5) is 0 Å². The Bertz CT molecular complexity index is 661. The van der Waals surface area contributed by atoms with Crippen molar-refractivity contribution < 1.29 is 4.42 Å². The van der Waals surface area contributed by atoms with E-state index in [9.17, 15) is 0 Å². The van der Waals surface area contributed by atoms with Gasteiger partial charge in [0.25, 0.3) is 0 Å². The number of furan rings is 1. The van der Waals surface area contributed by atoms with Gasteiger partial charge in [-0.25, -0.2) is 4.98 Å². The fourth-order valence-electron chi connectivity index (χ4n) is 3.19. The second-order valence-corrected chi connectivity index (χ2v) is 7.32. The van der Waals surface area contributed by atoms with E-state index in [1.165, 1.54) is 12.8 Å². The van der Waals surface area contributed by atoms with Gasteiger partial charge in [-0.15, -0.1) is 11.3 Å². The van der Waals surface area contributed by atoms with Crippen LogP contribution in [0.2, 0.25) is 0 Å². The van der Waals surface area contributed by atoms with Crippen molar-refractivity contribution in [2.45, 2.75) is 32.2 Å². The summed E-state index contributed by atoms with van der Waals surface area (Å²) in [4.78, 5) is 11.3. The Morgan fingerprint density at radius 2 is 2.24 bits per heavy atom. The van der Waals surface area contributed by atoms with E-state index in [4.69, 9.17) is 4.42 Å². The number of hydrogen-bond donors (Lipinski definition) is 2. The highest BCUT2D eigenvalue weighted by Crippen LogP contribution is 2.24. The van der Waals surface area contributed by atoms with E-state index >= 15 is 0 Å². The van der Waals surface area contributed by atoms with E-state index in [0.29, 0.717) is 0 Å². The van der Waals surface area contributed by atoms with Gasteiger partial charge in [0.05, 0.1) is 23.0 Å². The highest BCUT2D eigenvalue weighted by atomic mass is 32.1. The van der Waals surface area contributed by atoms with Gasteiger partial charge in [0.2, 0.25) is 0 Å². The molecule has 2 N–H and O–H groups in total. The summed E-state index contributed by atoms with van der Waals surface area (Å²) in [6.45, 7) is 5.89. The maximum Gasteiger partial charge on any atom is 0.191 e. The van der Waals surface area contributed by atoms with E-state index in [1.807, 2.05) is 13.0 Å². The molecule has 1 saturated heterocycles. The van der Waals surface area contributed by atoms with Gasteiger partial charge in [0, 0.05) is 31.9 Å². The zero-order valence-electron chi connectivity index (χ0n) is 15.0. The molecule has 1 unspecified atom stereocenters. The van der Waals surface area contributed by atoms with Gasteiger partial charge in [0.1, 0.15) is 5.76 Å². The van der Waals surface area contributed by atoms with Crippen LogP contribution in [0.1, 0.15) is 35.3 Å². The number of aromatic nitrogens is 1. The molecule has 2 aromatic heterocycles. The summed E-state index contributed by atoms with van der Waals surface area (Å²) in [7, 11) is 1.81. The molecule has 0 saturated carbocycles. The normalized spacial score (nSPS) is 17.0. The van der Waals surface area contributed by atoms with Gasteiger partial charge >= 0.3 is 0 Å². The average molecular weight is 362 g/mol. The molecule has 2 aromatic rings. The number of nitrogens with zero attached hydrogens (tertiary/aromatic N) is 3. The van der Waals surface area contributed by atoms with Gasteiger partial charge in [0.15, 0.2) is 5.96 Å². The standard InChI is InChI=1S/C18H27N5OS/c1-14-22-15(13-25-14)7-8-20-18(19-2)21-12-16(17-6-5-11-24-17)23-9-3-4-10-23/h5-6,11,13,16H,3-4,7-10,12H2,1-2H3,(H2,19,20,21). The Hall–Kier alpha value is -1.86. The fraction of sp³-hybridized carbons (Fsp3) is 0.556. The van der Waals surface area contributed by atoms with Crippen molar-refractivity contribution in [3.63, 3.8) is 0 Å². The Labute approximate surface area is 153 Å². The number of aliphatic imine (C=N–C) groups is 1. The molecule has 0 bridgehead atoms. The zero-order valence-corrected chi connectivity index (χ0v) is 15.8. The second kappa shape index (κ2) is 9.01. The largest absolute Gasteiger partial charge is 0.468 e. The molecule has 7 heteroatoms. The Morgan fingerprint density at radius 3 is 2.88 bits per heavy atom. The third-order valence-electron chi connectivity index (χ3n) is 4.48. The van der Waals surface area contributed by atoms with Crippen LogP contribution in [0.25, 0.3) is 0 Å². The van der Waals surface area contributed by atoms with E-state index < -0.39 is 0 Å². The van der Waals surface area contributed by atoms with E-state index in [1.54, 1.807) is 24.6 Å². The van der Waals surface area contributed by atoms with Gasteiger partial charge in [-0.05, 0) is 45.0 Å². The van der Waals surface area contributed by atoms with Crippen LogP contribution in [0.5, 0.6) is 0 Å². The predicted molar refractivity (Wildman–Crippen MR) is 102 cm³/mol. The molecule has 0 amide bonds. The smallest absolute Gasteiger partial charge is 0.191 e. The Balaban J connectivity index is 1.50. The number of rotatable bonds is 7. The molecule has 0 radical (unpaired) electrons. The van der Waals surface area contributed by atoms with E-state index in [-0.39, 0.29) is 6.04 Å².